The van der Waals surface area contributed by atoms with Crippen LogP contribution in [0.2, 0.25) is 0 Å². The molecule has 1 aromatic heterocycles. The maximum Gasteiger partial charge on any atom is 0.303 e. The van der Waals surface area contributed by atoms with Crippen LogP contribution in [0.4, 0.5) is 5.88 Å². The molecule has 0 saturated heterocycles. The second kappa shape index (κ2) is 6.57. The highest BCUT2D eigenvalue weighted by molar-refractivity contribution is 5.91. The number of amides is 1. The third kappa shape index (κ3) is 5.05. The summed E-state index contributed by atoms with van der Waals surface area (Å²) in [5, 5.41) is 11.1. The van der Waals surface area contributed by atoms with Crippen LogP contribution in [0.15, 0.2) is 16.5 Å². The maximum absolute atomic E-state index is 11.4. The summed E-state index contributed by atoms with van der Waals surface area (Å²) in [4.78, 5) is 21.7. The van der Waals surface area contributed by atoms with Crippen molar-refractivity contribution in [2.45, 2.75) is 25.7 Å². The van der Waals surface area contributed by atoms with Gasteiger partial charge in [0.2, 0.25) is 0 Å². The molecule has 0 radical (unpaired) electrons. The van der Waals surface area contributed by atoms with Crippen LogP contribution in [0, 0.1) is 0 Å². The second-order valence-electron chi connectivity index (χ2n) is 3.66. The molecule has 1 heterocycles. The number of hydrogen-bond acceptors (Lipinski definition) is 4. The van der Waals surface area contributed by atoms with Crippen molar-refractivity contribution in [2.75, 3.05) is 12.3 Å². The number of anilines is 1. The van der Waals surface area contributed by atoms with Gasteiger partial charge in [0.05, 0.1) is 0 Å². The minimum Gasteiger partial charge on any atom is -0.481 e. The molecule has 0 bridgehead atoms. The highest BCUT2D eigenvalue weighted by Gasteiger charge is 2.08. The van der Waals surface area contributed by atoms with E-state index in [0.29, 0.717) is 13.0 Å². The minimum atomic E-state index is -0.792. The molecule has 17 heavy (non-hydrogen) atoms. The largest absolute Gasteiger partial charge is 0.481 e. The van der Waals surface area contributed by atoms with Gasteiger partial charge in [0, 0.05) is 19.0 Å². The standard InChI is InChI=1S/C11H16N2O4/c12-9-6-5-8(17-9)11(16)13-7-3-1-2-4-10(14)15/h5-6H,1-4,7,12H2,(H,13,16)(H,14,15). The Morgan fingerprint density at radius 1 is 1.29 bits per heavy atom. The minimum absolute atomic E-state index is 0.169. The van der Waals surface area contributed by atoms with Crippen molar-refractivity contribution < 1.29 is 19.1 Å². The summed E-state index contributed by atoms with van der Waals surface area (Å²) in [6.45, 7) is 0.499. The first-order valence-corrected chi connectivity index (χ1v) is 5.45. The summed E-state index contributed by atoms with van der Waals surface area (Å²) in [5.41, 5.74) is 5.34. The highest BCUT2D eigenvalue weighted by Crippen LogP contribution is 2.08. The monoisotopic (exact) mass is 240 g/mol. The zero-order valence-electron chi connectivity index (χ0n) is 9.44. The van der Waals surface area contributed by atoms with Crippen molar-refractivity contribution in [3.05, 3.63) is 17.9 Å². The van der Waals surface area contributed by atoms with Crippen LogP contribution < -0.4 is 11.1 Å². The summed E-state index contributed by atoms with van der Waals surface area (Å²) >= 11 is 0. The number of nitrogens with two attached hydrogens (primary N) is 1. The van der Waals surface area contributed by atoms with Gasteiger partial charge in [0.25, 0.3) is 5.91 Å². The van der Waals surface area contributed by atoms with Gasteiger partial charge in [-0.15, -0.1) is 0 Å². The Hall–Kier alpha value is -1.98. The maximum atomic E-state index is 11.4. The molecule has 6 heteroatoms. The number of carboxylic acid groups (broad SMARTS) is 1. The van der Waals surface area contributed by atoms with Crippen LogP contribution in [-0.4, -0.2) is 23.5 Å². The molecule has 6 nitrogen and oxygen atoms in total. The molecule has 0 spiro atoms. The van der Waals surface area contributed by atoms with E-state index in [0.717, 1.165) is 12.8 Å². The van der Waals surface area contributed by atoms with E-state index in [1.54, 1.807) is 0 Å². The lowest BCUT2D eigenvalue weighted by atomic mass is 10.2. The second-order valence-corrected chi connectivity index (χ2v) is 3.66. The molecule has 0 atom stereocenters. The van der Waals surface area contributed by atoms with Gasteiger partial charge in [0.1, 0.15) is 0 Å². The van der Waals surface area contributed by atoms with E-state index >= 15 is 0 Å². The molecule has 4 N–H and O–H groups in total. The predicted octanol–water partition coefficient (Wildman–Crippen LogP) is 1.24. The van der Waals surface area contributed by atoms with Crippen molar-refractivity contribution in [1.29, 1.82) is 0 Å². The summed E-state index contributed by atoms with van der Waals surface area (Å²) in [6, 6.07) is 3.02. The molecular weight excluding hydrogens is 224 g/mol. The average Bonchev–Trinajstić information content (AvgIpc) is 2.69. The van der Waals surface area contributed by atoms with Gasteiger partial charge < -0.3 is 20.6 Å². The fourth-order valence-electron chi connectivity index (χ4n) is 1.34. The normalized spacial score (nSPS) is 10.1. The Kier molecular flexibility index (Phi) is 5.06. The summed E-state index contributed by atoms with van der Waals surface area (Å²) in [7, 11) is 0. The number of carboxylic acids is 1. The van der Waals surface area contributed by atoms with Crippen molar-refractivity contribution in [3.8, 4) is 0 Å². The molecule has 1 rings (SSSR count). The Balaban J connectivity index is 2.11. The summed E-state index contributed by atoms with van der Waals surface area (Å²) in [5.74, 6) is -0.704. The van der Waals surface area contributed by atoms with Crippen LogP contribution in [0.5, 0.6) is 0 Å². The van der Waals surface area contributed by atoms with Crippen molar-refractivity contribution in [1.82, 2.24) is 5.32 Å². The van der Waals surface area contributed by atoms with Gasteiger partial charge in [-0.05, 0) is 18.9 Å². The Morgan fingerprint density at radius 2 is 2.06 bits per heavy atom. The predicted molar refractivity (Wildman–Crippen MR) is 61.6 cm³/mol. The van der Waals surface area contributed by atoms with E-state index in [4.69, 9.17) is 15.3 Å². The highest BCUT2D eigenvalue weighted by atomic mass is 16.4. The Labute approximate surface area is 98.8 Å². The topological polar surface area (TPSA) is 106 Å². The number of furan rings is 1. The molecule has 0 fully saturated rings. The molecule has 1 aromatic rings. The van der Waals surface area contributed by atoms with E-state index in [1.807, 2.05) is 0 Å². The molecule has 0 aliphatic carbocycles. The number of carbonyl (C=O) groups excluding carboxylic acids is 1. The van der Waals surface area contributed by atoms with Gasteiger partial charge in [0.15, 0.2) is 11.6 Å². The van der Waals surface area contributed by atoms with Crippen LogP contribution in [0.25, 0.3) is 0 Å². The fourth-order valence-corrected chi connectivity index (χ4v) is 1.34. The summed E-state index contributed by atoms with van der Waals surface area (Å²) in [6.07, 6.45) is 2.31. The third-order valence-corrected chi connectivity index (χ3v) is 2.20. The molecule has 0 aliphatic rings. The number of nitrogens with one attached hydrogen (secondary N) is 1. The molecule has 0 saturated carbocycles. The zero-order valence-corrected chi connectivity index (χ0v) is 9.44. The van der Waals surface area contributed by atoms with Crippen LogP contribution in [-0.2, 0) is 4.79 Å². The number of hydrogen-bond donors (Lipinski definition) is 3. The summed E-state index contributed by atoms with van der Waals surface area (Å²) < 4.78 is 4.94. The SMILES string of the molecule is Nc1ccc(C(=O)NCCCCCC(=O)O)o1. The van der Waals surface area contributed by atoms with Gasteiger partial charge in [-0.1, -0.05) is 6.42 Å². The van der Waals surface area contributed by atoms with Gasteiger partial charge >= 0.3 is 5.97 Å². The average molecular weight is 240 g/mol. The Morgan fingerprint density at radius 3 is 2.65 bits per heavy atom. The lowest BCUT2D eigenvalue weighted by Gasteiger charge is -2.02. The Bertz CT molecular complexity index is 387. The van der Waals surface area contributed by atoms with Gasteiger partial charge in [-0.2, -0.15) is 0 Å². The molecular formula is C11H16N2O4. The zero-order chi connectivity index (χ0) is 12.7. The van der Waals surface area contributed by atoms with E-state index in [2.05, 4.69) is 5.32 Å². The van der Waals surface area contributed by atoms with Crippen molar-refractivity contribution >= 4 is 17.8 Å². The first-order valence-electron chi connectivity index (χ1n) is 5.45. The van der Waals surface area contributed by atoms with E-state index in [-0.39, 0.29) is 24.0 Å². The third-order valence-electron chi connectivity index (χ3n) is 2.20. The number of aliphatic carboxylic acids is 1. The van der Waals surface area contributed by atoms with Crippen LogP contribution in [0.1, 0.15) is 36.2 Å². The van der Waals surface area contributed by atoms with E-state index in [9.17, 15) is 9.59 Å². The van der Waals surface area contributed by atoms with Crippen molar-refractivity contribution in [2.24, 2.45) is 0 Å². The molecule has 0 aliphatic heterocycles. The number of unbranched alkanes of at least 4 members (excludes halogenated alkanes) is 2. The number of carbonyl (C=O) groups is 2. The number of rotatable bonds is 7. The first kappa shape index (κ1) is 13.1. The van der Waals surface area contributed by atoms with E-state index in [1.165, 1.54) is 12.1 Å². The molecule has 1 amide bonds. The first-order chi connectivity index (χ1) is 8.09. The van der Waals surface area contributed by atoms with Crippen LogP contribution >= 0.6 is 0 Å². The smallest absolute Gasteiger partial charge is 0.303 e. The fraction of sp³-hybridized carbons (Fsp3) is 0.455. The lowest BCUT2D eigenvalue weighted by Crippen LogP contribution is -2.23. The number of nitrogen functional groups attached to an aromatic ring is 1. The lowest BCUT2D eigenvalue weighted by molar-refractivity contribution is -0.137. The van der Waals surface area contributed by atoms with Gasteiger partial charge in [-0.25, -0.2) is 0 Å². The quantitative estimate of drug-likeness (QED) is 0.622. The van der Waals surface area contributed by atoms with Gasteiger partial charge in [-0.3, -0.25) is 9.59 Å². The molecule has 0 unspecified atom stereocenters. The van der Waals surface area contributed by atoms with E-state index < -0.39 is 5.97 Å². The van der Waals surface area contributed by atoms with Crippen molar-refractivity contribution in [3.63, 3.8) is 0 Å². The van der Waals surface area contributed by atoms with Crippen LogP contribution in [0.3, 0.4) is 0 Å². The molecule has 0 aromatic carbocycles. The molecule has 94 valence electrons.